The molecule has 108 valence electrons. The van der Waals surface area contributed by atoms with Gasteiger partial charge in [-0.15, -0.1) is 0 Å². The normalized spacial score (nSPS) is 10.8. The first-order valence-electron chi connectivity index (χ1n) is 7.20. The standard InChI is InChI=1S/C16H24N4/c1-4-8-14-15(17)16(20(3)18-14)19(2)12-11-13-9-6-5-7-10-13/h5-7,9-10H,4,8,11-12,17H2,1-3H3. The van der Waals surface area contributed by atoms with Gasteiger partial charge in [-0.25, -0.2) is 0 Å². The first kappa shape index (κ1) is 14.4. The van der Waals surface area contributed by atoms with Gasteiger partial charge in [0.1, 0.15) is 5.82 Å². The molecule has 0 saturated carbocycles. The van der Waals surface area contributed by atoms with Gasteiger partial charge in [0.05, 0.1) is 11.4 Å². The SMILES string of the molecule is CCCc1nn(C)c(N(C)CCc2ccccc2)c1N. The third kappa shape index (κ3) is 3.13. The molecule has 1 aromatic carbocycles. The first-order valence-corrected chi connectivity index (χ1v) is 7.20. The van der Waals surface area contributed by atoms with Gasteiger partial charge in [-0.05, 0) is 18.4 Å². The molecule has 0 spiro atoms. The highest BCUT2D eigenvalue weighted by molar-refractivity contribution is 5.66. The summed E-state index contributed by atoms with van der Waals surface area (Å²) >= 11 is 0. The predicted molar refractivity (Wildman–Crippen MR) is 85.0 cm³/mol. The molecule has 1 heterocycles. The third-order valence-corrected chi connectivity index (χ3v) is 3.56. The van der Waals surface area contributed by atoms with Gasteiger partial charge in [-0.2, -0.15) is 5.10 Å². The van der Waals surface area contributed by atoms with Gasteiger partial charge in [0.2, 0.25) is 0 Å². The van der Waals surface area contributed by atoms with Crippen LogP contribution in [0.2, 0.25) is 0 Å². The van der Waals surface area contributed by atoms with Gasteiger partial charge in [0.15, 0.2) is 0 Å². The average Bonchev–Trinajstić information content (AvgIpc) is 2.73. The van der Waals surface area contributed by atoms with Crippen LogP contribution in [0.3, 0.4) is 0 Å². The summed E-state index contributed by atoms with van der Waals surface area (Å²) in [5, 5.41) is 4.53. The van der Waals surface area contributed by atoms with E-state index in [2.05, 4.69) is 48.2 Å². The van der Waals surface area contributed by atoms with E-state index < -0.39 is 0 Å². The Bertz CT molecular complexity index is 545. The molecule has 0 aliphatic carbocycles. The van der Waals surface area contributed by atoms with Gasteiger partial charge < -0.3 is 10.6 Å². The zero-order valence-corrected chi connectivity index (χ0v) is 12.6. The van der Waals surface area contributed by atoms with Crippen molar-refractivity contribution in [2.45, 2.75) is 26.2 Å². The number of rotatable bonds is 6. The summed E-state index contributed by atoms with van der Waals surface area (Å²) in [6.07, 6.45) is 3.01. The highest BCUT2D eigenvalue weighted by atomic mass is 15.4. The Balaban J connectivity index is 2.07. The van der Waals surface area contributed by atoms with Crippen LogP contribution in [-0.2, 0) is 19.9 Å². The van der Waals surface area contributed by atoms with E-state index >= 15 is 0 Å². The van der Waals surface area contributed by atoms with Crippen LogP contribution in [0.4, 0.5) is 11.5 Å². The highest BCUT2D eigenvalue weighted by Crippen LogP contribution is 2.26. The van der Waals surface area contributed by atoms with Crippen molar-refractivity contribution in [3.8, 4) is 0 Å². The van der Waals surface area contributed by atoms with Crippen molar-refractivity contribution in [2.75, 3.05) is 24.2 Å². The number of aromatic nitrogens is 2. The van der Waals surface area contributed by atoms with Crippen LogP contribution in [0.1, 0.15) is 24.6 Å². The Hall–Kier alpha value is -1.97. The Morgan fingerprint density at radius 1 is 1.20 bits per heavy atom. The molecule has 0 amide bonds. The van der Waals surface area contributed by atoms with E-state index in [4.69, 9.17) is 5.73 Å². The van der Waals surface area contributed by atoms with Gasteiger partial charge in [-0.3, -0.25) is 4.68 Å². The molecule has 4 nitrogen and oxygen atoms in total. The van der Waals surface area contributed by atoms with Crippen LogP contribution in [-0.4, -0.2) is 23.4 Å². The molecule has 2 N–H and O–H groups in total. The number of benzene rings is 1. The fraction of sp³-hybridized carbons (Fsp3) is 0.438. The number of hydrogen-bond donors (Lipinski definition) is 1. The molecule has 4 heteroatoms. The van der Waals surface area contributed by atoms with Crippen LogP contribution in [0.25, 0.3) is 0 Å². The van der Waals surface area contributed by atoms with Crippen LogP contribution in [0.5, 0.6) is 0 Å². The van der Waals surface area contributed by atoms with Crippen LogP contribution in [0, 0.1) is 0 Å². The Labute approximate surface area is 121 Å². The average molecular weight is 272 g/mol. The monoisotopic (exact) mass is 272 g/mol. The summed E-state index contributed by atoms with van der Waals surface area (Å²) in [6.45, 7) is 3.08. The number of aryl methyl sites for hydroxylation is 2. The van der Waals surface area contributed by atoms with Gasteiger partial charge in [0, 0.05) is 20.6 Å². The summed E-state index contributed by atoms with van der Waals surface area (Å²) in [5.41, 5.74) is 9.41. The first-order chi connectivity index (χ1) is 9.63. The minimum atomic E-state index is 0.824. The molecule has 0 atom stereocenters. The van der Waals surface area contributed by atoms with E-state index in [0.717, 1.165) is 43.0 Å². The van der Waals surface area contributed by atoms with Crippen molar-refractivity contribution in [1.82, 2.24) is 9.78 Å². The lowest BCUT2D eigenvalue weighted by Gasteiger charge is -2.20. The molecule has 0 aliphatic heterocycles. The second kappa shape index (κ2) is 6.46. The molecule has 2 aromatic rings. The van der Waals surface area contributed by atoms with E-state index in [1.54, 1.807) is 0 Å². The van der Waals surface area contributed by atoms with Crippen molar-refractivity contribution in [2.24, 2.45) is 7.05 Å². The van der Waals surface area contributed by atoms with Gasteiger partial charge >= 0.3 is 0 Å². The number of nitrogen functional groups attached to an aromatic ring is 1. The molecule has 0 bridgehead atoms. The van der Waals surface area contributed by atoms with E-state index in [-0.39, 0.29) is 0 Å². The Morgan fingerprint density at radius 2 is 1.90 bits per heavy atom. The lowest BCUT2D eigenvalue weighted by Crippen LogP contribution is -2.23. The summed E-state index contributed by atoms with van der Waals surface area (Å²) in [5.74, 6) is 1.02. The molecular formula is C16H24N4. The van der Waals surface area contributed by atoms with Crippen molar-refractivity contribution < 1.29 is 0 Å². The lowest BCUT2D eigenvalue weighted by molar-refractivity contribution is 0.711. The van der Waals surface area contributed by atoms with E-state index in [1.165, 1.54) is 5.56 Å². The molecular weight excluding hydrogens is 248 g/mol. The maximum atomic E-state index is 6.24. The molecule has 1 aromatic heterocycles. The fourth-order valence-corrected chi connectivity index (χ4v) is 2.51. The van der Waals surface area contributed by atoms with Gasteiger partial charge in [-0.1, -0.05) is 43.7 Å². The minimum Gasteiger partial charge on any atom is -0.394 e. The molecule has 0 fully saturated rings. The quantitative estimate of drug-likeness (QED) is 0.879. The maximum Gasteiger partial charge on any atom is 0.150 e. The largest absolute Gasteiger partial charge is 0.394 e. The van der Waals surface area contributed by atoms with E-state index in [0.29, 0.717) is 0 Å². The number of hydrogen-bond acceptors (Lipinski definition) is 3. The van der Waals surface area contributed by atoms with Crippen molar-refractivity contribution in [3.63, 3.8) is 0 Å². The van der Waals surface area contributed by atoms with E-state index in [9.17, 15) is 0 Å². The minimum absolute atomic E-state index is 0.824. The summed E-state index contributed by atoms with van der Waals surface area (Å²) in [6, 6.07) is 10.5. The summed E-state index contributed by atoms with van der Waals surface area (Å²) in [7, 11) is 4.04. The Morgan fingerprint density at radius 3 is 2.55 bits per heavy atom. The number of anilines is 2. The molecule has 2 rings (SSSR count). The van der Waals surface area contributed by atoms with Crippen molar-refractivity contribution in [3.05, 3.63) is 41.6 Å². The molecule has 0 saturated heterocycles. The molecule has 20 heavy (non-hydrogen) atoms. The second-order valence-electron chi connectivity index (χ2n) is 5.21. The van der Waals surface area contributed by atoms with Crippen molar-refractivity contribution >= 4 is 11.5 Å². The second-order valence-corrected chi connectivity index (χ2v) is 5.21. The number of nitrogens with two attached hydrogens (primary N) is 1. The van der Waals surface area contributed by atoms with Crippen LogP contribution >= 0.6 is 0 Å². The summed E-state index contributed by atoms with van der Waals surface area (Å²) < 4.78 is 1.89. The topological polar surface area (TPSA) is 47.1 Å². The van der Waals surface area contributed by atoms with Crippen LogP contribution < -0.4 is 10.6 Å². The number of likely N-dealkylation sites (N-methyl/N-ethyl adjacent to an activating group) is 1. The van der Waals surface area contributed by atoms with Crippen LogP contribution in [0.15, 0.2) is 30.3 Å². The van der Waals surface area contributed by atoms with E-state index in [1.807, 2.05) is 17.8 Å². The molecule has 0 radical (unpaired) electrons. The molecule has 0 aliphatic rings. The molecule has 0 unspecified atom stereocenters. The maximum absolute atomic E-state index is 6.24. The Kier molecular flexibility index (Phi) is 4.66. The van der Waals surface area contributed by atoms with Crippen molar-refractivity contribution in [1.29, 1.82) is 0 Å². The zero-order valence-electron chi connectivity index (χ0n) is 12.6. The summed E-state index contributed by atoms with van der Waals surface area (Å²) in [4.78, 5) is 2.19. The van der Waals surface area contributed by atoms with Gasteiger partial charge in [0.25, 0.3) is 0 Å². The number of nitrogens with zero attached hydrogens (tertiary/aromatic N) is 3. The highest BCUT2D eigenvalue weighted by Gasteiger charge is 2.16. The predicted octanol–water partition coefficient (Wildman–Crippen LogP) is 2.63. The fourth-order valence-electron chi connectivity index (χ4n) is 2.51. The lowest BCUT2D eigenvalue weighted by atomic mass is 10.1. The smallest absolute Gasteiger partial charge is 0.150 e. The zero-order chi connectivity index (χ0) is 14.5. The third-order valence-electron chi connectivity index (χ3n) is 3.56.